The van der Waals surface area contributed by atoms with Gasteiger partial charge in [0.2, 0.25) is 15.0 Å². The zero-order chi connectivity index (χ0) is 23.3. The van der Waals surface area contributed by atoms with Crippen molar-refractivity contribution in [3.8, 4) is 0 Å². The van der Waals surface area contributed by atoms with E-state index in [0.717, 1.165) is 12.8 Å². The van der Waals surface area contributed by atoms with Gasteiger partial charge in [-0.3, -0.25) is 0 Å². The third-order valence-corrected chi connectivity index (χ3v) is 7.01. The fourth-order valence-corrected chi connectivity index (χ4v) is 5.31. The van der Waals surface area contributed by atoms with E-state index in [2.05, 4.69) is 10.3 Å². The quantitative estimate of drug-likeness (QED) is 0.617. The second kappa shape index (κ2) is 10.5. The van der Waals surface area contributed by atoms with Crippen molar-refractivity contribution in [2.75, 3.05) is 6.61 Å². The number of nitrogens with zero attached hydrogens (tertiary/aromatic N) is 3. The van der Waals surface area contributed by atoms with Gasteiger partial charge in [-0.25, -0.2) is 18.2 Å². The van der Waals surface area contributed by atoms with Gasteiger partial charge in [-0.05, 0) is 46.1 Å². The summed E-state index contributed by atoms with van der Waals surface area (Å²) in [7, 11) is -3.68. The van der Waals surface area contributed by atoms with Gasteiger partial charge in [-0.1, -0.05) is 30.3 Å². The number of carbonyl (C=O) groups is 1. The smallest absolute Gasteiger partial charge is 0.318 e. The highest BCUT2D eigenvalue weighted by Gasteiger charge is 2.29. The van der Waals surface area contributed by atoms with Crippen molar-refractivity contribution >= 4 is 15.9 Å². The molecule has 0 saturated carbocycles. The molecule has 2 aromatic rings. The van der Waals surface area contributed by atoms with Crippen LogP contribution in [0.25, 0.3) is 0 Å². The summed E-state index contributed by atoms with van der Waals surface area (Å²) in [5, 5.41) is 2.95. The predicted molar refractivity (Wildman–Crippen MR) is 123 cm³/mol. The maximum atomic E-state index is 13.3. The Morgan fingerprint density at radius 2 is 1.97 bits per heavy atom. The van der Waals surface area contributed by atoms with E-state index in [4.69, 9.17) is 4.74 Å². The van der Waals surface area contributed by atoms with Crippen molar-refractivity contribution in [2.24, 2.45) is 0 Å². The Balaban J connectivity index is 1.93. The lowest BCUT2D eigenvalue weighted by atomic mass is 10.2. The standard InChI is InChI=1S/C23H34N4O4S/c1-17(2)25-22(28)26(18(3)4)14-20-13-24-23(27(20)15-21-11-8-12-31-21)32(29,30)16-19-9-6-5-7-10-19/h5-7,9-10,13,17-18,21H,8,11-12,14-16H2,1-4H3,(H,25,28). The largest absolute Gasteiger partial charge is 0.376 e. The summed E-state index contributed by atoms with van der Waals surface area (Å²) in [6.07, 6.45) is 3.34. The number of amides is 2. The first-order chi connectivity index (χ1) is 15.2. The molecule has 1 N–H and O–H groups in total. The Bertz CT molecular complexity index is 996. The van der Waals surface area contributed by atoms with Crippen LogP contribution in [0.5, 0.6) is 0 Å². The molecule has 3 rings (SSSR count). The van der Waals surface area contributed by atoms with Crippen LogP contribution in [0, 0.1) is 0 Å². The maximum absolute atomic E-state index is 13.3. The van der Waals surface area contributed by atoms with Crippen LogP contribution in [0.3, 0.4) is 0 Å². The van der Waals surface area contributed by atoms with Crippen LogP contribution in [0.4, 0.5) is 4.79 Å². The molecular formula is C23H34N4O4S. The van der Waals surface area contributed by atoms with Crippen LogP contribution in [-0.4, -0.2) is 53.7 Å². The van der Waals surface area contributed by atoms with E-state index >= 15 is 0 Å². The van der Waals surface area contributed by atoms with E-state index in [1.54, 1.807) is 27.8 Å². The normalized spacial score (nSPS) is 16.6. The summed E-state index contributed by atoms with van der Waals surface area (Å²) >= 11 is 0. The first-order valence-corrected chi connectivity index (χ1v) is 12.8. The van der Waals surface area contributed by atoms with Crippen molar-refractivity contribution in [1.29, 1.82) is 0 Å². The molecule has 0 bridgehead atoms. The van der Waals surface area contributed by atoms with Crippen LogP contribution in [0.2, 0.25) is 0 Å². The van der Waals surface area contributed by atoms with Crippen molar-refractivity contribution in [1.82, 2.24) is 19.8 Å². The first kappa shape index (κ1) is 24.3. The fraction of sp³-hybridized carbons (Fsp3) is 0.565. The van der Waals surface area contributed by atoms with Crippen molar-refractivity contribution in [2.45, 2.75) is 82.7 Å². The van der Waals surface area contributed by atoms with Crippen molar-refractivity contribution in [3.63, 3.8) is 0 Å². The van der Waals surface area contributed by atoms with E-state index in [0.29, 0.717) is 24.4 Å². The summed E-state index contributed by atoms with van der Waals surface area (Å²) in [6, 6.07) is 8.84. The van der Waals surface area contributed by atoms with Gasteiger partial charge in [0, 0.05) is 18.7 Å². The summed E-state index contributed by atoms with van der Waals surface area (Å²) < 4.78 is 34.1. The number of aromatic nitrogens is 2. The topological polar surface area (TPSA) is 93.5 Å². The Morgan fingerprint density at radius 3 is 2.56 bits per heavy atom. The lowest BCUT2D eigenvalue weighted by molar-refractivity contribution is 0.0932. The molecule has 0 spiro atoms. The van der Waals surface area contributed by atoms with Crippen LogP contribution in [-0.2, 0) is 33.4 Å². The molecule has 2 heterocycles. The van der Waals surface area contributed by atoms with E-state index < -0.39 is 9.84 Å². The first-order valence-electron chi connectivity index (χ1n) is 11.2. The number of ether oxygens (including phenoxy) is 1. The van der Waals surface area contributed by atoms with E-state index in [-0.39, 0.29) is 41.7 Å². The van der Waals surface area contributed by atoms with Crippen LogP contribution >= 0.6 is 0 Å². The number of hydrogen-bond donors (Lipinski definition) is 1. The minimum Gasteiger partial charge on any atom is -0.376 e. The fourth-order valence-electron chi connectivity index (χ4n) is 3.81. The number of nitrogens with one attached hydrogen (secondary N) is 1. The zero-order valence-electron chi connectivity index (χ0n) is 19.3. The van der Waals surface area contributed by atoms with Crippen molar-refractivity contribution in [3.05, 3.63) is 47.8 Å². The highest BCUT2D eigenvalue weighted by molar-refractivity contribution is 7.90. The van der Waals surface area contributed by atoms with E-state index in [1.165, 1.54) is 0 Å². The molecule has 1 aromatic carbocycles. The summed E-state index contributed by atoms with van der Waals surface area (Å²) in [5.74, 6) is -0.127. The van der Waals surface area contributed by atoms with Crippen molar-refractivity contribution < 1.29 is 17.9 Å². The highest BCUT2D eigenvalue weighted by Crippen LogP contribution is 2.23. The summed E-state index contributed by atoms with van der Waals surface area (Å²) in [4.78, 5) is 18.8. The van der Waals surface area contributed by atoms with Gasteiger partial charge in [0.15, 0.2) is 0 Å². The Labute approximate surface area is 190 Å². The molecule has 0 aliphatic carbocycles. The van der Waals surface area contributed by atoms with Gasteiger partial charge in [-0.15, -0.1) is 0 Å². The van der Waals surface area contributed by atoms with Gasteiger partial charge >= 0.3 is 6.03 Å². The molecule has 1 aromatic heterocycles. The Hall–Kier alpha value is -2.39. The molecule has 32 heavy (non-hydrogen) atoms. The molecule has 1 aliphatic rings. The number of benzene rings is 1. The zero-order valence-corrected chi connectivity index (χ0v) is 20.1. The molecule has 0 radical (unpaired) electrons. The minimum atomic E-state index is -3.68. The third kappa shape index (κ3) is 6.10. The van der Waals surface area contributed by atoms with Gasteiger partial charge < -0.3 is 19.5 Å². The van der Waals surface area contributed by atoms with Gasteiger partial charge in [0.05, 0.1) is 36.8 Å². The second-order valence-corrected chi connectivity index (χ2v) is 10.7. The molecule has 1 atom stereocenters. The molecule has 1 saturated heterocycles. The van der Waals surface area contributed by atoms with Crippen LogP contribution in [0.15, 0.2) is 41.7 Å². The maximum Gasteiger partial charge on any atom is 0.318 e. The summed E-state index contributed by atoms with van der Waals surface area (Å²) in [5.41, 5.74) is 1.39. The van der Waals surface area contributed by atoms with E-state index in [9.17, 15) is 13.2 Å². The third-order valence-electron chi connectivity index (χ3n) is 5.42. The number of hydrogen-bond acceptors (Lipinski definition) is 5. The molecular weight excluding hydrogens is 428 g/mol. The van der Waals surface area contributed by atoms with E-state index in [1.807, 2.05) is 45.9 Å². The molecule has 8 nitrogen and oxygen atoms in total. The lowest BCUT2D eigenvalue weighted by Crippen LogP contribution is -2.46. The van der Waals surface area contributed by atoms with Gasteiger partial charge in [0.1, 0.15) is 0 Å². The molecule has 176 valence electrons. The van der Waals surface area contributed by atoms with Gasteiger partial charge in [0.25, 0.3) is 0 Å². The molecule has 9 heteroatoms. The predicted octanol–water partition coefficient (Wildman–Crippen LogP) is 3.36. The average Bonchev–Trinajstić information content (AvgIpc) is 3.36. The lowest BCUT2D eigenvalue weighted by Gasteiger charge is -2.28. The number of rotatable bonds is 9. The minimum absolute atomic E-state index is 0.00219. The number of urea groups is 1. The van der Waals surface area contributed by atoms with Gasteiger partial charge in [-0.2, -0.15) is 0 Å². The molecule has 1 unspecified atom stereocenters. The number of carbonyl (C=O) groups excluding carboxylic acids is 1. The summed E-state index contributed by atoms with van der Waals surface area (Å²) in [6.45, 7) is 9.03. The SMILES string of the molecule is CC(C)NC(=O)N(Cc1cnc(S(=O)(=O)Cc2ccccc2)n1CC1CCCO1)C(C)C. The Morgan fingerprint density at radius 1 is 1.25 bits per heavy atom. The molecule has 1 fully saturated rings. The Kier molecular flexibility index (Phi) is 7.95. The number of imidazole rings is 1. The molecule has 2 amide bonds. The average molecular weight is 463 g/mol. The highest BCUT2D eigenvalue weighted by atomic mass is 32.2. The van der Waals surface area contributed by atoms with Crippen LogP contribution < -0.4 is 5.32 Å². The number of sulfone groups is 1. The van der Waals surface area contributed by atoms with Crippen LogP contribution in [0.1, 0.15) is 51.8 Å². The second-order valence-electron chi connectivity index (χ2n) is 8.85. The molecule has 1 aliphatic heterocycles. The monoisotopic (exact) mass is 462 g/mol.